The largest absolute Gasteiger partial charge is 0.495 e. The van der Waals surface area contributed by atoms with E-state index in [-0.39, 0.29) is 11.7 Å². The zero-order chi connectivity index (χ0) is 17.2. The van der Waals surface area contributed by atoms with Crippen molar-refractivity contribution in [3.8, 4) is 5.75 Å². The number of hydrogen-bond donors (Lipinski definition) is 1. The van der Waals surface area contributed by atoms with Crippen LogP contribution in [0.1, 0.15) is 37.9 Å². The lowest BCUT2D eigenvalue weighted by Crippen LogP contribution is -2.70. The van der Waals surface area contributed by atoms with Gasteiger partial charge in [0.2, 0.25) is 0 Å². The van der Waals surface area contributed by atoms with Crippen LogP contribution in [0.15, 0.2) is 24.4 Å². The minimum atomic E-state index is 0.000882. The second-order valence-corrected chi connectivity index (χ2v) is 7.69. The molecule has 5 nitrogen and oxygen atoms in total. The molecule has 0 radical (unpaired) electrons. The van der Waals surface area contributed by atoms with Crippen molar-refractivity contribution in [1.82, 2.24) is 9.88 Å². The molecule has 7 rings (SSSR count). The molecule has 5 atom stereocenters. The van der Waals surface area contributed by atoms with E-state index < -0.39 is 0 Å². The summed E-state index contributed by atoms with van der Waals surface area (Å²) in [7, 11) is 1.66. The maximum Gasteiger partial charge on any atom is 0.142 e. The van der Waals surface area contributed by atoms with Gasteiger partial charge in [-0.15, -0.1) is 0 Å². The molecule has 2 aromatic rings. The molecule has 5 fully saturated rings. The third kappa shape index (κ3) is 1.99. The van der Waals surface area contributed by atoms with Crippen LogP contribution in [0.25, 0.3) is 10.9 Å². The summed E-state index contributed by atoms with van der Waals surface area (Å²) >= 11 is 0. The quantitative estimate of drug-likeness (QED) is 0.871. The molecule has 4 bridgehead atoms. The summed E-state index contributed by atoms with van der Waals surface area (Å²) in [4.78, 5) is 7.15. The molecular formula is C20H25N3O2. The summed E-state index contributed by atoms with van der Waals surface area (Å²) in [5.41, 5.74) is 9.18. The standard InChI is InChI=1S/C20H25N3O2/c1-3-20-11-23-9-7-12(20)10-15(23)19(25-20)13-6-8-22-14-4-5-16(24-2)18(21)17(13)14/h4-6,8,12,15,19H,3,7,9-11,21H2,1-2H3/t12-,15+,19-,20-/m0/s1. The normalized spacial score (nSPS) is 36.1. The fourth-order valence-corrected chi connectivity index (χ4v) is 5.42. The Balaban J connectivity index is 1.67. The number of benzene rings is 1. The molecule has 1 aromatic heterocycles. The highest BCUT2D eigenvalue weighted by molar-refractivity contribution is 5.96. The van der Waals surface area contributed by atoms with Gasteiger partial charge in [0.15, 0.2) is 0 Å². The summed E-state index contributed by atoms with van der Waals surface area (Å²) in [5, 5.41) is 0.989. The number of piperidine rings is 3. The van der Waals surface area contributed by atoms with Crippen molar-refractivity contribution >= 4 is 16.6 Å². The number of aromatic nitrogens is 1. The fourth-order valence-electron chi connectivity index (χ4n) is 5.42. The number of rotatable bonds is 3. The first kappa shape index (κ1) is 15.4. The molecule has 0 spiro atoms. The summed E-state index contributed by atoms with van der Waals surface area (Å²) < 4.78 is 12.3. The topological polar surface area (TPSA) is 60.6 Å². The SMILES string of the molecule is CC[C@]12CN3CC[C@H]1C[C@@H]3[C@H](c1ccnc3ccc(OC)c(N)c13)O2. The first-order valence-corrected chi connectivity index (χ1v) is 9.30. The van der Waals surface area contributed by atoms with Gasteiger partial charge in [0.05, 0.1) is 30.0 Å². The number of ether oxygens (including phenoxy) is 2. The molecule has 0 aliphatic carbocycles. The van der Waals surface area contributed by atoms with E-state index in [1.54, 1.807) is 7.11 Å². The van der Waals surface area contributed by atoms with E-state index in [0.29, 0.717) is 23.4 Å². The lowest BCUT2D eigenvalue weighted by molar-refractivity contribution is -0.274. The fraction of sp³-hybridized carbons (Fsp3) is 0.550. The maximum absolute atomic E-state index is 6.81. The van der Waals surface area contributed by atoms with Crippen molar-refractivity contribution in [3.05, 3.63) is 30.0 Å². The van der Waals surface area contributed by atoms with E-state index in [9.17, 15) is 0 Å². The average molecular weight is 339 g/mol. The Morgan fingerprint density at radius 3 is 3.00 bits per heavy atom. The molecule has 1 aromatic carbocycles. The summed E-state index contributed by atoms with van der Waals surface area (Å²) in [5.74, 6) is 1.40. The Morgan fingerprint density at radius 2 is 2.28 bits per heavy atom. The minimum absolute atomic E-state index is 0.000882. The Hall–Kier alpha value is -1.85. The van der Waals surface area contributed by atoms with Crippen LogP contribution in [0.5, 0.6) is 5.75 Å². The van der Waals surface area contributed by atoms with Crippen molar-refractivity contribution in [2.24, 2.45) is 5.92 Å². The van der Waals surface area contributed by atoms with Gasteiger partial charge in [-0.1, -0.05) is 6.92 Å². The zero-order valence-electron chi connectivity index (χ0n) is 14.9. The van der Waals surface area contributed by atoms with Gasteiger partial charge in [-0.05, 0) is 55.5 Å². The van der Waals surface area contributed by atoms with Crippen LogP contribution in [-0.2, 0) is 4.74 Å². The summed E-state index contributed by atoms with van der Waals surface area (Å²) in [6.07, 6.45) is 5.50. The second-order valence-electron chi connectivity index (χ2n) is 7.69. The van der Waals surface area contributed by atoms with E-state index in [4.69, 9.17) is 15.2 Å². The molecule has 1 unspecified atom stereocenters. The third-order valence-electron chi connectivity index (χ3n) is 6.75. The van der Waals surface area contributed by atoms with Gasteiger partial charge in [-0.2, -0.15) is 0 Å². The van der Waals surface area contributed by atoms with Crippen LogP contribution in [0.4, 0.5) is 5.69 Å². The van der Waals surface area contributed by atoms with Crippen molar-refractivity contribution in [2.45, 2.75) is 43.9 Å². The number of methoxy groups -OCH3 is 1. The van der Waals surface area contributed by atoms with E-state index in [1.807, 2.05) is 18.3 Å². The highest BCUT2D eigenvalue weighted by Crippen LogP contribution is 2.55. The van der Waals surface area contributed by atoms with Crippen LogP contribution >= 0.6 is 0 Å². The number of nitrogens with two attached hydrogens (primary N) is 1. The van der Waals surface area contributed by atoms with Gasteiger partial charge >= 0.3 is 0 Å². The van der Waals surface area contributed by atoms with Crippen LogP contribution in [0.3, 0.4) is 0 Å². The number of pyridine rings is 1. The number of hydrogen-bond acceptors (Lipinski definition) is 5. The minimum Gasteiger partial charge on any atom is -0.495 e. The van der Waals surface area contributed by atoms with Gasteiger partial charge in [0.1, 0.15) is 5.75 Å². The van der Waals surface area contributed by atoms with Gasteiger partial charge in [-0.3, -0.25) is 9.88 Å². The Labute approximate surface area is 148 Å². The highest BCUT2D eigenvalue weighted by atomic mass is 16.5. The number of nitrogens with zero attached hydrogens (tertiary/aromatic N) is 2. The van der Waals surface area contributed by atoms with Crippen LogP contribution < -0.4 is 10.5 Å². The van der Waals surface area contributed by atoms with Crippen molar-refractivity contribution in [1.29, 1.82) is 0 Å². The predicted molar refractivity (Wildman–Crippen MR) is 97.6 cm³/mol. The first-order chi connectivity index (χ1) is 12.2. The lowest BCUT2D eigenvalue weighted by Gasteiger charge is -2.64. The van der Waals surface area contributed by atoms with Crippen LogP contribution in [-0.4, -0.2) is 41.7 Å². The number of morpholine rings is 1. The number of fused-ring (bicyclic) bond motifs is 3. The molecular weight excluding hydrogens is 314 g/mol. The molecule has 5 aliphatic rings. The predicted octanol–water partition coefficient (Wildman–Crippen LogP) is 3.14. The van der Waals surface area contributed by atoms with E-state index >= 15 is 0 Å². The molecule has 5 saturated heterocycles. The van der Waals surface area contributed by atoms with Crippen LogP contribution in [0.2, 0.25) is 0 Å². The first-order valence-electron chi connectivity index (χ1n) is 9.30. The van der Waals surface area contributed by atoms with Gasteiger partial charge in [0.25, 0.3) is 0 Å². The van der Waals surface area contributed by atoms with Gasteiger partial charge in [-0.25, -0.2) is 0 Å². The van der Waals surface area contributed by atoms with Crippen molar-refractivity contribution in [2.75, 3.05) is 25.9 Å². The molecule has 5 aliphatic heterocycles. The monoisotopic (exact) mass is 339 g/mol. The second kappa shape index (κ2) is 5.32. The molecule has 6 heterocycles. The Morgan fingerprint density at radius 1 is 1.40 bits per heavy atom. The molecule has 0 amide bonds. The van der Waals surface area contributed by atoms with Crippen molar-refractivity contribution < 1.29 is 9.47 Å². The molecule has 0 saturated carbocycles. The molecule has 132 valence electrons. The number of anilines is 1. The molecule has 5 heteroatoms. The molecule has 25 heavy (non-hydrogen) atoms. The van der Waals surface area contributed by atoms with E-state index in [2.05, 4.69) is 22.9 Å². The summed E-state index contributed by atoms with van der Waals surface area (Å²) in [6, 6.07) is 6.41. The number of nitrogen functional groups attached to an aromatic ring is 1. The van der Waals surface area contributed by atoms with Crippen LogP contribution in [0, 0.1) is 5.92 Å². The van der Waals surface area contributed by atoms with Crippen molar-refractivity contribution in [3.63, 3.8) is 0 Å². The lowest BCUT2D eigenvalue weighted by atomic mass is 9.66. The third-order valence-corrected chi connectivity index (χ3v) is 6.75. The molecule has 2 N–H and O–H groups in total. The maximum atomic E-state index is 6.81. The average Bonchev–Trinajstić information content (AvgIpc) is 2.67. The Kier molecular flexibility index (Phi) is 3.28. The van der Waals surface area contributed by atoms with Gasteiger partial charge < -0.3 is 15.2 Å². The van der Waals surface area contributed by atoms with E-state index in [0.717, 1.165) is 29.4 Å². The zero-order valence-corrected chi connectivity index (χ0v) is 14.9. The summed E-state index contributed by atoms with van der Waals surface area (Å²) in [6.45, 7) is 4.54. The van der Waals surface area contributed by atoms with Gasteiger partial charge in [0, 0.05) is 24.2 Å². The smallest absolute Gasteiger partial charge is 0.142 e. The van der Waals surface area contributed by atoms with E-state index in [1.165, 1.54) is 19.4 Å². The highest BCUT2D eigenvalue weighted by Gasteiger charge is 2.58. The Bertz CT molecular complexity index is 839.